The monoisotopic (exact) mass is 270 g/mol. The summed E-state index contributed by atoms with van der Waals surface area (Å²) in [5, 5.41) is -0.572. The number of rotatable bonds is 3. The van der Waals surface area contributed by atoms with Crippen molar-refractivity contribution in [3.63, 3.8) is 0 Å². The molecule has 18 heavy (non-hydrogen) atoms. The molecule has 0 spiro atoms. The van der Waals surface area contributed by atoms with Gasteiger partial charge >= 0.3 is 5.97 Å². The molecule has 4 aliphatic rings. The molecule has 100 valence electrons. The Hall–Kier alpha value is -0.570. The lowest BCUT2D eigenvalue weighted by atomic mass is 9.54. The Morgan fingerprint density at radius 1 is 1.39 bits per heavy atom. The van der Waals surface area contributed by atoms with Crippen molar-refractivity contribution in [3.8, 4) is 0 Å². The number of alkyl halides is 1. The lowest BCUT2D eigenvalue weighted by Crippen LogP contribution is -2.55. The van der Waals surface area contributed by atoms with E-state index in [2.05, 4.69) is 0 Å². The lowest BCUT2D eigenvalue weighted by Gasteiger charge is -2.52. The molecule has 0 saturated heterocycles. The third-order valence-electron chi connectivity index (χ3n) is 4.92. The predicted molar refractivity (Wildman–Crippen MR) is 67.2 cm³/mol. The highest BCUT2D eigenvalue weighted by atomic mass is 35.5. The van der Waals surface area contributed by atoms with Crippen molar-refractivity contribution in [2.24, 2.45) is 23.7 Å². The summed E-state index contributed by atoms with van der Waals surface area (Å²) in [7, 11) is 0. The van der Waals surface area contributed by atoms with Gasteiger partial charge in [-0.3, -0.25) is 9.59 Å². The van der Waals surface area contributed by atoms with E-state index in [4.69, 9.17) is 16.3 Å². The molecule has 6 unspecified atom stereocenters. The van der Waals surface area contributed by atoms with Gasteiger partial charge in [0.25, 0.3) is 0 Å². The van der Waals surface area contributed by atoms with Gasteiger partial charge in [-0.2, -0.15) is 0 Å². The summed E-state index contributed by atoms with van der Waals surface area (Å²) in [6.07, 6.45) is 4.41. The van der Waals surface area contributed by atoms with E-state index in [1.54, 1.807) is 0 Å². The van der Waals surface area contributed by atoms with Crippen LogP contribution in [0, 0.1) is 23.7 Å². The summed E-state index contributed by atoms with van der Waals surface area (Å²) in [5.41, 5.74) is 0. The Bertz CT molecular complexity index is 381. The zero-order chi connectivity index (χ0) is 12.9. The van der Waals surface area contributed by atoms with Crippen LogP contribution < -0.4 is 0 Å². The first-order chi connectivity index (χ1) is 8.60. The molecule has 4 heteroatoms. The molecule has 0 heterocycles. The molecule has 4 saturated carbocycles. The normalized spacial score (nSPS) is 43.0. The van der Waals surface area contributed by atoms with Crippen LogP contribution in [0.3, 0.4) is 0 Å². The fourth-order valence-electron chi connectivity index (χ4n) is 4.13. The van der Waals surface area contributed by atoms with E-state index in [-0.39, 0.29) is 23.9 Å². The third kappa shape index (κ3) is 1.87. The quantitative estimate of drug-likeness (QED) is 0.585. The first-order valence-corrected chi connectivity index (χ1v) is 7.42. The van der Waals surface area contributed by atoms with Crippen LogP contribution in [0.2, 0.25) is 0 Å². The Balaban J connectivity index is 1.73. The molecule has 6 atom stereocenters. The van der Waals surface area contributed by atoms with Crippen molar-refractivity contribution < 1.29 is 14.3 Å². The maximum atomic E-state index is 12.2. The van der Waals surface area contributed by atoms with Gasteiger partial charge in [-0.05, 0) is 43.9 Å². The van der Waals surface area contributed by atoms with Gasteiger partial charge in [0.05, 0.1) is 5.92 Å². The van der Waals surface area contributed by atoms with Crippen LogP contribution in [0.25, 0.3) is 0 Å². The van der Waals surface area contributed by atoms with E-state index in [9.17, 15) is 9.59 Å². The zero-order valence-corrected chi connectivity index (χ0v) is 11.4. The van der Waals surface area contributed by atoms with Crippen LogP contribution in [0.1, 0.15) is 39.0 Å². The van der Waals surface area contributed by atoms with Crippen molar-refractivity contribution in [2.45, 2.75) is 50.5 Å². The summed E-state index contributed by atoms with van der Waals surface area (Å²) >= 11 is 5.91. The minimum Gasteiger partial charge on any atom is -0.460 e. The zero-order valence-electron chi connectivity index (χ0n) is 10.6. The molecule has 3 nitrogen and oxygen atoms in total. The van der Waals surface area contributed by atoms with Crippen LogP contribution in [-0.4, -0.2) is 23.2 Å². The molecule has 0 aromatic rings. The second-order valence-electron chi connectivity index (χ2n) is 6.05. The Labute approximate surface area is 112 Å². The first kappa shape index (κ1) is 12.5. The number of halogens is 1. The summed E-state index contributed by atoms with van der Waals surface area (Å²) in [6.45, 7) is 1.86. The van der Waals surface area contributed by atoms with Crippen molar-refractivity contribution in [1.82, 2.24) is 0 Å². The third-order valence-corrected chi connectivity index (χ3v) is 5.41. The van der Waals surface area contributed by atoms with Crippen LogP contribution in [-0.2, 0) is 14.3 Å². The number of hydrogen-bond donors (Lipinski definition) is 0. The van der Waals surface area contributed by atoms with Gasteiger partial charge in [-0.1, -0.05) is 6.92 Å². The van der Waals surface area contributed by atoms with Gasteiger partial charge in [0.2, 0.25) is 0 Å². The SMILES string of the molecule is CCC(Cl)C(=O)OC1C2CC3CC(C2)C(=O)C1C3. The molecule has 0 aliphatic heterocycles. The van der Waals surface area contributed by atoms with Gasteiger partial charge in [-0.15, -0.1) is 11.6 Å². The minimum absolute atomic E-state index is 0.0362. The average molecular weight is 271 g/mol. The van der Waals surface area contributed by atoms with Crippen LogP contribution >= 0.6 is 11.6 Å². The standard InChI is InChI=1S/C14H19ClO3/c1-2-11(15)14(17)18-13-9-4-7-3-8(6-9)12(16)10(13)5-7/h7-11,13H,2-6H2,1H3. The molecule has 4 rings (SSSR count). The van der Waals surface area contributed by atoms with Crippen LogP contribution in [0.4, 0.5) is 0 Å². The fraction of sp³-hybridized carbons (Fsp3) is 0.857. The largest absolute Gasteiger partial charge is 0.460 e. The van der Waals surface area contributed by atoms with Crippen molar-refractivity contribution in [2.75, 3.05) is 0 Å². The van der Waals surface area contributed by atoms with Gasteiger partial charge in [-0.25, -0.2) is 0 Å². The summed E-state index contributed by atoms with van der Waals surface area (Å²) in [4.78, 5) is 24.0. The number of Topliss-reactive ketones (excluding diaryl/α,β-unsaturated/α-hetero) is 1. The Morgan fingerprint density at radius 2 is 2.17 bits per heavy atom. The highest BCUT2D eigenvalue weighted by Crippen LogP contribution is 2.53. The van der Waals surface area contributed by atoms with Crippen molar-refractivity contribution in [3.05, 3.63) is 0 Å². The second kappa shape index (κ2) is 4.52. The van der Waals surface area contributed by atoms with E-state index < -0.39 is 5.38 Å². The second-order valence-corrected chi connectivity index (χ2v) is 6.58. The fourth-order valence-corrected chi connectivity index (χ4v) is 4.18. The average Bonchev–Trinajstić information content (AvgIpc) is 2.37. The first-order valence-electron chi connectivity index (χ1n) is 6.98. The number of hydrogen-bond acceptors (Lipinski definition) is 3. The van der Waals surface area contributed by atoms with Crippen molar-refractivity contribution in [1.29, 1.82) is 0 Å². The van der Waals surface area contributed by atoms with Gasteiger partial charge in [0.1, 0.15) is 17.3 Å². The summed E-state index contributed by atoms with van der Waals surface area (Å²) < 4.78 is 5.56. The van der Waals surface area contributed by atoms with Crippen LogP contribution in [0.5, 0.6) is 0 Å². The Morgan fingerprint density at radius 3 is 2.89 bits per heavy atom. The smallest absolute Gasteiger partial charge is 0.324 e. The van der Waals surface area contributed by atoms with Gasteiger partial charge in [0, 0.05) is 5.92 Å². The summed E-state index contributed by atoms with van der Waals surface area (Å²) in [5.74, 6) is 1.29. The van der Waals surface area contributed by atoms with E-state index in [0.717, 1.165) is 25.7 Å². The highest BCUT2D eigenvalue weighted by molar-refractivity contribution is 6.29. The maximum absolute atomic E-state index is 12.2. The topological polar surface area (TPSA) is 43.4 Å². The van der Waals surface area contributed by atoms with Crippen LogP contribution in [0.15, 0.2) is 0 Å². The van der Waals surface area contributed by atoms with E-state index in [0.29, 0.717) is 24.0 Å². The molecule has 4 fully saturated rings. The molecular weight excluding hydrogens is 252 g/mol. The molecule has 0 N–H and O–H groups in total. The van der Waals surface area contributed by atoms with Gasteiger partial charge < -0.3 is 4.74 Å². The van der Waals surface area contributed by atoms with Gasteiger partial charge in [0.15, 0.2) is 0 Å². The molecule has 0 aromatic carbocycles. The maximum Gasteiger partial charge on any atom is 0.324 e. The van der Waals surface area contributed by atoms with Crippen molar-refractivity contribution >= 4 is 23.4 Å². The predicted octanol–water partition coefficient (Wildman–Crippen LogP) is 2.55. The molecule has 0 aromatic heterocycles. The number of carbonyl (C=O) groups is 2. The van der Waals surface area contributed by atoms with E-state index in [1.807, 2.05) is 6.92 Å². The lowest BCUT2D eigenvalue weighted by molar-refractivity contribution is -0.175. The molecule has 0 amide bonds. The molecule has 0 radical (unpaired) electrons. The molecular formula is C14H19ClO3. The molecule has 4 aliphatic carbocycles. The summed E-state index contributed by atoms with van der Waals surface area (Å²) in [6, 6.07) is 0. The van der Waals surface area contributed by atoms with E-state index >= 15 is 0 Å². The number of ketones is 1. The number of ether oxygens (including phenoxy) is 1. The minimum atomic E-state index is -0.572. The highest BCUT2D eigenvalue weighted by Gasteiger charge is 2.54. The molecule has 4 bridgehead atoms. The Kier molecular flexibility index (Phi) is 3.13. The number of carbonyl (C=O) groups excluding carboxylic acids is 2. The van der Waals surface area contributed by atoms with E-state index in [1.165, 1.54) is 0 Å². The number of esters is 1.